The van der Waals surface area contributed by atoms with Crippen molar-refractivity contribution in [2.45, 2.75) is 62.4 Å². The maximum Gasteiger partial charge on any atom is 0.243 e. The fourth-order valence-electron chi connectivity index (χ4n) is 6.11. The molecule has 238 valence electrons. The molecule has 2 aromatic carbocycles. The van der Waals surface area contributed by atoms with Crippen LogP contribution in [-0.4, -0.2) is 57.3 Å². The van der Waals surface area contributed by atoms with E-state index in [1.165, 1.54) is 10.5 Å². The van der Waals surface area contributed by atoms with Gasteiger partial charge in [-0.3, -0.25) is 9.36 Å². The second-order valence-electron chi connectivity index (χ2n) is 11.6. The van der Waals surface area contributed by atoms with E-state index < -0.39 is 27.3 Å². The van der Waals surface area contributed by atoms with Gasteiger partial charge in [0, 0.05) is 36.1 Å². The standard InChI is InChI=1S/C30H33ClF2N8O3S/c1-17-4-10-22(11-5-17)45(43,44)40-12-2-3-20(16-40)36-29-35-15-25-28(39-29)41(21-8-6-18(7-9-21)27(34)42)30(37-25)38-26-23(32)13-19(31)14-24(26)33/h4-5,10-11,13-15,18,20-21H,2-3,6-9,12,16H2,1H3,(H2,34,42)(H,37,38)(H,35,36,39)/t18?,20-,21?/m1/s1. The van der Waals surface area contributed by atoms with Crippen molar-refractivity contribution < 1.29 is 22.0 Å². The summed E-state index contributed by atoms with van der Waals surface area (Å²) in [5.74, 6) is -1.95. The van der Waals surface area contributed by atoms with Crippen LogP contribution in [0.5, 0.6) is 0 Å². The minimum atomic E-state index is -3.68. The Labute approximate surface area is 264 Å². The van der Waals surface area contributed by atoms with Crippen molar-refractivity contribution in [2.75, 3.05) is 23.7 Å². The maximum atomic E-state index is 14.8. The van der Waals surface area contributed by atoms with Gasteiger partial charge in [-0.15, -0.1) is 0 Å². The number of primary amides is 1. The lowest BCUT2D eigenvalue weighted by Gasteiger charge is -2.32. The molecule has 2 aromatic heterocycles. The molecule has 45 heavy (non-hydrogen) atoms. The Kier molecular flexibility index (Phi) is 8.63. The van der Waals surface area contributed by atoms with Gasteiger partial charge in [0.05, 0.1) is 11.1 Å². The van der Waals surface area contributed by atoms with Crippen molar-refractivity contribution in [3.05, 3.63) is 64.8 Å². The molecule has 0 unspecified atom stereocenters. The average Bonchev–Trinajstić information content (AvgIpc) is 3.36. The van der Waals surface area contributed by atoms with Crippen molar-refractivity contribution in [3.8, 4) is 0 Å². The van der Waals surface area contributed by atoms with E-state index in [1.54, 1.807) is 28.8 Å². The number of benzene rings is 2. The molecule has 11 nitrogen and oxygen atoms in total. The molecule has 0 bridgehead atoms. The molecule has 1 aliphatic carbocycles. The van der Waals surface area contributed by atoms with E-state index in [9.17, 15) is 22.0 Å². The lowest BCUT2D eigenvalue weighted by molar-refractivity contribution is -0.122. The molecule has 0 spiro atoms. The number of amides is 1. The number of rotatable bonds is 8. The number of piperidine rings is 1. The molecule has 1 saturated carbocycles. The summed E-state index contributed by atoms with van der Waals surface area (Å²) in [7, 11) is -3.68. The second kappa shape index (κ2) is 12.5. The zero-order valence-corrected chi connectivity index (χ0v) is 26.1. The highest BCUT2D eigenvalue weighted by Gasteiger charge is 2.32. The molecule has 1 aliphatic heterocycles. The number of nitrogens with one attached hydrogen (secondary N) is 2. The Bertz CT molecular complexity index is 1820. The number of sulfonamides is 1. The number of imidazole rings is 1. The first-order valence-electron chi connectivity index (χ1n) is 14.8. The first-order valence-corrected chi connectivity index (χ1v) is 16.6. The Morgan fingerprint density at radius 3 is 2.40 bits per heavy atom. The van der Waals surface area contributed by atoms with Crippen LogP contribution >= 0.6 is 11.6 Å². The van der Waals surface area contributed by atoms with Crippen LogP contribution in [-0.2, 0) is 14.8 Å². The van der Waals surface area contributed by atoms with Crippen LogP contribution in [0.2, 0.25) is 5.02 Å². The summed E-state index contributed by atoms with van der Waals surface area (Å²) in [5, 5.41) is 5.99. The Morgan fingerprint density at radius 2 is 1.73 bits per heavy atom. The second-order valence-corrected chi connectivity index (χ2v) is 14.0. The van der Waals surface area contributed by atoms with Crippen LogP contribution in [0.3, 0.4) is 0 Å². The molecule has 4 aromatic rings. The molecular formula is C30H33ClF2N8O3S. The van der Waals surface area contributed by atoms with Gasteiger partial charge >= 0.3 is 0 Å². The van der Waals surface area contributed by atoms with E-state index in [1.807, 2.05) is 6.92 Å². The lowest BCUT2D eigenvalue weighted by atomic mass is 9.85. The predicted molar refractivity (Wildman–Crippen MR) is 167 cm³/mol. The molecule has 1 atom stereocenters. The fourth-order valence-corrected chi connectivity index (χ4v) is 7.82. The number of carbonyl (C=O) groups is 1. The van der Waals surface area contributed by atoms with Gasteiger partial charge in [-0.2, -0.15) is 9.29 Å². The molecule has 2 fully saturated rings. The first kappa shape index (κ1) is 31.1. The van der Waals surface area contributed by atoms with Crippen molar-refractivity contribution in [1.29, 1.82) is 0 Å². The highest BCUT2D eigenvalue weighted by molar-refractivity contribution is 7.89. The highest BCUT2D eigenvalue weighted by atomic mass is 35.5. The topological polar surface area (TPSA) is 148 Å². The van der Waals surface area contributed by atoms with Crippen molar-refractivity contribution in [1.82, 2.24) is 23.8 Å². The number of halogens is 3. The SMILES string of the molecule is Cc1ccc(S(=O)(=O)N2CCC[C@@H](Nc3ncc4nc(Nc5c(F)cc(Cl)cc5F)n(C5CCC(C(N)=O)CC5)c4n3)C2)cc1. The van der Waals surface area contributed by atoms with Crippen LogP contribution < -0.4 is 16.4 Å². The van der Waals surface area contributed by atoms with Gasteiger partial charge in [0.15, 0.2) is 17.3 Å². The van der Waals surface area contributed by atoms with Gasteiger partial charge in [-0.05, 0) is 69.7 Å². The number of aryl methyl sites for hydroxylation is 1. The Hall–Kier alpha value is -3.88. The number of hydrogen-bond donors (Lipinski definition) is 3. The quantitative estimate of drug-likeness (QED) is 0.231. The minimum absolute atomic E-state index is 0.0802. The van der Waals surface area contributed by atoms with E-state index >= 15 is 0 Å². The number of carbonyl (C=O) groups excluding carboxylic acids is 1. The number of hydrogen-bond acceptors (Lipinski definition) is 8. The molecule has 3 heterocycles. The zero-order valence-electron chi connectivity index (χ0n) is 24.5. The summed E-state index contributed by atoms with van der Waals surface area (Å²) in [6.07, 6.45) is 5.11. The molecular weight excluding hydrogens is 626 g/mol. The summed E-state index contributed by atoms with van der Waals surface area (Å²) < 4.78 is 59.5. The molecule has 0 radical (unpaired) electrons. The summed E-state index contributed by atoms with van der Waals surface area (Å²) >= 11 is 5.82. The predicted octanol–water partition coefficient (Wildman–Crippen LogP) is 5.29. The summed E-state index contributed by atoms with van der Waals surface area (Å²) in [5.41, 5.74) is 6.93. The largest absolute Gasteiger partial charge is 0.369 e. The molecule has 4 N–H and O–H groups in total. The minimum Gasteiger partial charge on any atom is -0.369 e. The normalized spacial score (nSPS) is 21.1. The van der Waals surface area contributed by atoms with E-state index in [-0.39, 0.29) is 52.3 Å². The summed E-state index contributed by atoms with van der Waals surface area (Å²) in [4.78, 5) is 25.8. The van der Waals surface area contributed by atoms with Gasteiger partial charge in [0.2, 0.25) is 27.8 Å². The van der Waals surface area contributed by atoms with E-state index in [2.05, 4.69) is 20.6 Å². The lowest BCUT2D eigenvalue weighted by Crippen LogP contribution is -2.45. The third kappa shape index (κ3) is 6.44. The fraction of sp³-hybridized carbons (Fsp3) is 0.400. The van der Waals surface area contributed by atoms with Crippen LogP contribution in [0.15, 0.2) is 47.5 Å². The molecule has 2 aliphatic rings. The van der Waals surface area contributed by atoms with Crippen molar-refractivity contribution in [3.63, 3.8) is 0 Å². The van der Waals surface area contributed by atoms with E-state index in [4.69, 9.17) is 22.3 Å². The number of fused-ring (bicyclic) bond motifs is 1. The summed E-state index contributed by atoms with van der Waals surface area (Å²) in [6, 6.07) is 8.34. The van der Waals surface area contributed by atoms with Crippen LogP contribution in [0.4, 0.5) is 26.4 Å². The van der Waals surface area contributed by atoms with Gasteiger partial charge in [0.1, 0.15) is 11.2 Å². The average molecular weight is 659 g/mol. The highest BCUT2D eigenvalue weighted by Crippen LogP contribution is 2.38. The Balaban J connectivity index is 1.30. The van der Waals surface area contributed by atoms with E-state index in [0.717, 1.165) is 17.7 Å². The van der Waals surface area contributed by atoms with Gasteiger partial charge < -0.3 is 16.4 Å². The van der Waals surface area contributed by atoms with Gasteiger partial charge in [0.25, 0.3) is 0 Å². The Morgan fingerprint density at radius 1 is 1.04 bits per heavy atom. The molecule has 1 saturated heterocycles. The number of nitrogens with zero attached hydrogens (tertiary/aromatic N) is 5. The first-order chi connectivity index (χ1) is 21.5. The third-order valence-electron chi connectivity index (χ3n) is 8.52. The maximum absolute atomic E-state index is 14.8. The van der Waals surface area contributed by atoms with Gasteiger partial charge in [-0.1, -0.05) is 29.3 Å². The number of anilines is 3. The summed E-state index contributed by atoms with van der Waals surface area (Å²) in [6.45, 7) is 2.54. The van der Waals surface area contributed by atoms with Crippen LogP contribution in [0, 0.1) is 24.5 Å². The zero-order chi connectivity index (χ0) is 31.9. The van der Waals surface area contributed by atoms with Crippen molar-refractivity contribution in [2.24, 2.45) is 11.7 Å². The van der Waals surface area contributed by atoms with E-state index in [0.29, 0.717) is 56.2 Å². The monoisotopic (exact) mass is 658 g/mol. The molecule has 15 heteroatoms. The van der Waals surface area contributed by atoms with Crippen molar-refractivity contribution >= 4 is 56.3 Å². The number of nitrogens with two attached hydrogens (primary N) is 1. The molecule has 1 amide bonds. The molecule has 6 rings (SSSR count). The van der Waals surface area contributed by atoms with Crippen LogP contribution in [0.1, 0.15) is 50.1 Å². The number of aromatic nitrogens is 4. The third-order valence-corrected chi connectivity index (χ3v) is 10.6. The van der Waals surface area contributed by atoms with Crippen LogP contribution in [0.25, 0.3) is 11.2 Å². The smallest absolute Gasteiger partial charge is 0.243 e. The van der Waals surface area contributed by atoms with Gasteiger partial charge in [-0.25, -0.2) is 27.2 Å².